The Labute approximate surface area is 119 Å². The largest absolute Gasteiger partial charge is 0.497 e. The summed E-state index contributed by atoms with van der Waals surface area (Å²) >= 11 is 0. The Morgan fingerprint density at radius 2 is 2.05 bits per heavy atom. The molecule has 0 aliphatic carbocycles. The summed E-state index contributed by atoms with van der Waals surface area (Å²) in [6, 6.07) is 5.09. The van der Waals surface area contributed by atoms with Gasteiger partial charge in [0, 0.05) is 23.1 Å². The maximum atomic E-state index is 11.2. The molecule has 1 aromatic carbocycles. The summed E-state index contributed by atoms with van der Waals surface area (Å²) in [5.41, 5.74) is 6.27. The predicted octanol–water partition coefficient (Wildman–Crippen LogP) is 2.17. The van der Waals surface area contributed by atoms with E-state index in [2.05, 4.69) is 0 Å². The molecule has 20 heavy (non-hydrogen) atoms. The molecule has 2 atom stereocenters. The van der Waals surface area contributed by atoms with Gasteiger partial charge < -0.3 is 20.3 Å². The zero-order valence-corrected chi connectivity index (χ0v) is 12.5. The molecule has 0 saturated carbocycles. The number of aliphatic carboxylic acids is 1. The van der Waals surface area contributed by atoms with Crippen LogP contribution in [0.3, 0.4) is 0 Å². The van der Waals surface area contributed by atoms with Gasteiger partial charge in [0.2, 0.25) is 0 Å². The second kappa shape index (κ2) is 6.61. The van der Waals surface area contributed by atoms with E-state index in [0.717, 1.165) is 5.56 Å². The first kappa shape index (κ1) is 16.3. The van der Waals surface area contributed by atoms with Gasteiger partial charge in [-0.2, -0.15) is 0 Å². The Bertz CT molecular complexity index is 475. The Hall–Kier alpha value is -1.75. The van der Waals surface area contributed by atoms with Crippen LogP contribution in [0.25, 0.3) is 0 Å². The van der Waals surface area contributed by atoms with E-state index in [1.807, 2.05) is 19.9 Å². The minimum atomic E-state index is -0.880. The van der Waals surface area contributed by atoms with Gasteiger partial charge in [-0.3, -0.25) is 4.79 Å². The number of hydrogen-bond donors (Lipinski definition) is 2. The average Bonchev–Trinajstić information content (AvgIpc) is 2.44. The molecule has 5 nitrogen and oxygen atoms in total. The minimum absolute atomic E-state index is 0.0509. The number of ether oxygens (including phenoxy) is 2. The van der Waals surface area contributed by atoms with Gasteiger partial charge in [0.05, 0.1) is 20.6 Å². The highest BCUT2D eigenvalue weighted by Gasteiger charge is 2.37. The summed E-state index contributed by atoms with van der Waals surface area (Å²) in [6.07, 6.45) is 0.629. The maximum absolute atomic E-state index is 11.2. The summed E-state index contributed by atoms with van der Waals surface area (Å²) in [5.74, 6) is 0.375. The van der Waals surface area contributed by atoms with Crippen LogP contribution in [0.15, 0.2) is 18.2 Å². The van der Waals surface area contributed by atoms with Crippen LogP contribution in [0, 0.1) is 0 Å². The van der Waals surface area contributed by atoms with Crippen LogP contribution in [0.1, 0.15) is 32.3 Å². The third-order valence-corrected chi connectivity index (χ3v) is 3.80. The van der Waals surface area contributed by atoms with E-state index >= 15 is 0 Å². The van der Waals surface area contributed by atoms with Gasteiger partial charge in [0.1, 0.15) is 11.5 Å². The number of carbonyl (C=O) groups is 1. The van der Waals surface area contributed by atoms with Crippen LogP contribution in [-0.2, 0) is 10.2 Å². The summed E-state index contributed by atoms with van der Waals surface area (Å²) in [6.45, 7) is 3.81. The Morgan fingerprint density at radius 3 is 2.50 bits per heavy atom. The smallest absolute Gasteiger partial charge is 0.304 e. The van der Waals surface area contributed by atoms with E-state index in [0.29, 0.717) is 17.9 Å². The molecular weight excluding hydrogens is 258 g/mol. The van der Waals surface area contributed by atoms with Crippen LogP contribution in [0.5, 0.6) is 11.5 Å². The molecular formula is C15H23NO4. The molecule has 112 valence electrons. The van der Waals surface area contributed by atoms with Crippen molar-refractivity contribution in [3.05, 3.63) is 23.8 Å². The number of benzene rings is 1. The molecule has 0 heterocycles. The van der Waals surface area contributed by atoms with E-state index in [-0.39, 0.29) is 12.5 Å². The second-order valence-corrected chi connectivity index (χ2v) is 5.07. The van der Waals surface area contributed by atoms with E-state index in [4.69, 9.17) is 15.2 Å². The Kier molecular flexibility index (Phi) is 5.39. The monoisotopic (exact) mass is 281 g/mol. The van der Waals surface area contributed by atoms with E-state index < -0.39 is 11.4 Å². The Balaban J connectivity index is 3.36. The fraction of sp³-hybridized carbons (Fsp3) is 0.533. The SMILES string of the molecule is CCC(N)C(C)(CC(=O)O)c1ccc(OC)cc1OC. The number of methoxy groups -OCH3 is 2. The van der Waals surface area contributed by atoms with Gasteiger partial charge in [0.25, 0.3) is 0 Å². The van der Waals surface area contributed by atoms with Crippen molar-refractivity contribution >= 4 is 5.97 Å². The first-order valence-corrected chi connectivity index (χ1v) is 6.58. The number of carboxylic acids is 1. The normalized spacial score (nSPS) is 15.2. The molecule has 0 spiro atoms. The molecule has 2 unspecified atom stereocenters. The predicted molar refractivity (Wildman–Crippen MR) is 77.4 cm³/mol. The first-order valence-electron chi connectivity index (χ1n) is 6.58. The van der Waals surface area contributed by atoms with Crippen molar-refractivity contribution in [2.45, 2.75) is 38.1 Å². The quantitative estimate of drug-likeness (QED) is 0.800. The lowest BCUT2D eigenvalue weighted by atomic mass is 9.72. The Morgan fingerprint density at radius 1 is 1.40 bits per heavy atom. The first-order chi connectivity index (χ1) is 9.38. The summed E-state index contributed by atoms with van der Waals surface area (Å²) in [7, 11) is 3.12. The summed E-state index contributed by atoms with van der Waals surface area (Å²) < 4.78 is 10.5. The fourth-order valence-corrected chi connectivity index (χ4v) is 2.46. The van der Waals surface area contributed by atoms with Crippen molar-refractivity contribution in [3.63, 3.8) is 0 Å². The van der Waals surface area contributed by atoms with Crippen LogP contribution in [-0.4, -0.2) is 31.3 Å². The van der Waals surface area contributed by atoms with Crippen molar-refractivity contribution in [1.29, 1.82) is 0 Å². The zero-order chi connectivity index (χ0) is 15.3. The van der Waals surface area contributed by atoms with Crippen molar-refractivity contribution in [3.8, 4) is 11.5 Å². The van der Waals surface area contributed by atoms with Crippen molar-refractivity contribution < 1.29 is 19.4 Å². The molecule has 0 aliphatic heterocycles. The van der Waals surface area contributed by atoms with Crippen LogP contribution < -0.4 is 15.2 Å². The van der Waals surface area contributed by atoms with Crippen LogP contribution >= 0.6 is 0 Å². The lowest BCUT2D eigenvalue weighted by Crippen LogP contribution is -2.44. The molecule has 0 bridgehead atoms. The number of carboxylic acid groups (broad SMARTS) is 1. The highest BCUT2D eigenvalue weighted by atomic mass is 16.5. The van der Waals surface area contributed by atoms with Gasteiger partial charge >= 0.3 is 5.97 Å². The third-order valence-electron chi connectivity index (χ3n) is 3.80. The van der Waals surface area contributed by atoms with E-state index in [1.165, 1.54) is 0 Å². The standard InChI is InChI=1S/C15H23NO4/c1-5-13(16)15(2,9-14(17)18)11-7-6-10(19-3)8-12(11)20-4/h6-8,13H,5,9,16H2,1-4H3,(H,17,18). The average molecular weight is 281 g/mol. The van der Waals surface area contributed by atoms with Gasteiger partial charge in [0.15, 0.2) is 0 Å². The fourth-order valence-electron chi connectivity index (χ4n) is 2.46. The zero-order valence-electron chi connectivity index (χ0n) is 12.5. The number of nitrogens with two attached hydrogens (primary N) is 1. The lowest BCUT2D eigenvalue weighted by Gasteiger charge is -2.35. The molecule has 1 aromatic rings. The molecule has 0 radical (unpaired) electrons. The number of rotatable bonds is 7. The van der Waals surface area contributed by atoms with Gasteiger partial charge in [-0.15, -0.1) is 0 Å². The highest BCUT2D eigenvalue weighted by molar-refractivity contribution is 5.70. The summed E-state index contributed by atoms with van der Waals surface area (Å²) in [4.78, 5) is 11.2. The van der Waals surface area contributed by atoms with Crippen molar-refractivity contribution in [2.75, 3.05) is 14.2 Å². The molecule has 1 rings (SSSR count). The molecule has 5 heteroatoms. The van der Waals surface area contributed by atoms with Crippen molar-refractivity contribution in [2.24, 2.45) is 5.73 Å². The van der Waals surface area contributed by atoms with Crippen LogP contribution in [0.2, 0.25) is 0 Å². The van der Waals surface area contributed by atoms with E-state index in [9.17, 15) is 9.90 Å². The third kappa shape index (κ3) is 3.22. The maximum Gasteiger partial charge on any atom is 0.304 e. The van der Waals surface area contributed by atoms with Crippen molar-refractivity contribution in [1.82, 2.24) is 0 Å². The highest BCUT2D eigenvalue weighted by Crippen LogP contribution is 2.39. The summed E-state index contributed by atoms with van der Waals surface area (Å²) in [5, 5.41) is 9.20. The lowest BCUT2D eigenvalue weighted by molar-refractivity contribution is -0.138. The second-order valence-electron chi connectivity index (χ2n) is 5.07. The van der Waals surface area contributed by atoms with Crippen LogP contribution in [0.4, 0.5) is 0 Å². The molecule has 0 aliphatic rings. The molecule has 0 saturated heterocycles. The van der Waals surface area contributed by atoms with Gasteiger partial charge in [-0.05, 0) is 12.5 Å². The molecule has 0 amide bonds. The molecule has 0 fully saturated rings. The number of hydrogen-bond acceptors (Lipinski definition) is 4. The molecule has 0 aromatic heterocycles. The topological polar surface area (TPSA) is 81.8 Å². The molecule has 3 N–H and O–H groups in total. The minimum Gasteiger partial charge on any atom is -0.497 e. The van der Waals surface area contributed by atoms with E-state index in [1.54, 1.807) is 26.4 Å². The van der Waals surface area contributed by atoms with Gasteiger partial charge in [-0.1, -0.05) is 19.9 Å². The van der Waals surface area contributed by atoms with Gasteiger partial charge in [-0.25, -0.2) is 0 Å².